The predicted molar refractivity (Wildman–Crippen MR) is 132 cm³/mol. The van der Waals surface area contributed by atoms with E-state index >= 15 is 0 Å². The first-order valence-corrected chi connectivity index (χ1v) is 13.5. The smallest absolute Gasteiger partial charge is 0.219 e. The standard InChI is InChI=1S/C24H23ClFN5OS2/c25-15-8-4-9-16(26)20(15)19-14(12-27)22(28)31(17-10-5-11-18(32)21(17)19)23-29-30-24(34-23)33-13-6-2-1-3-7-13/h4,8-9,13,19H,1-3,5-7,10-11,28H2. The number of nitriles is 1. The van der Waals surface area contributed by atoms with Gasteiger partial charge in [0.25, 0.3) is 0 Å². The summed E-state index contributed by atoms with van der Waals surface area (Å²) < 4.78 is 15.8. The molecule has 2 aliphatic carbocycles. The molecule has 0 radical (unpaired) electrons. The zero-order valence-corrected chi connectivity index (χ0v) is 20.8. The minimum absolute atomic E-state index is 0.0951. The van der Waals surface area contributed by atoms with Crippen molar-refractivity contribution in [2.75, 3.05) is 4.90 Å². The second kappa shape index (κ2) is 9.68. The van der Waals surface area contributed by atoms with E-state index in [1.807, 2.05) is 0 Å². The fraction of sp³-hybridized carbons (Fsp3) is 0.417. The third-order valence-electron chi connectivity index (χ3n) is 6.61. The van der Waals surface area contributed by atoms with E-state index in [1.54, 1.807) is 22.7 Å². The van der Waals surface area contributed by atoms with Gasteiger partial charge in [-0.15, -0.1) is 10.2 Å². The summed E-state index contributed by atoms with van der Waals surface area (Å²) in [5, 5.41) is 20.0. The van der Waals surface area contributed by atoms with Crippen molar-refractivity contribution in [2.24, 2.45) is 5.73 Å². The number of carbonyl (C=O) groups excluding carboxylic acids is 1. The van der Waals surface area contributed by atoms with Crippen LogP contribution >= 0.6 is 34.7 Å². The molecule has 3 aliphatic rings. The highest BCUT2D eigenvalue weighted by molar-refractivity contribution is 8.01. The first-order valence-electron chi connectivity index (χ1n) is 11.4. The molecular weight excluding hydrogens is 493 g/mol. The van der Waals surface area contributed by atoms with Gasteiger partial charge in [0.15, 0.2) is 10.1 Å². The summed E-state index contributed by atoms with van der Waals surface area (Å²) in [5.74, 6) is -1.50. The number of allylic oxidation sites excluding steroid dienone is 3. The van der Waals surface area contributed by atoms with Crippen LogP contribution in [0.3, 0.4) is 0 Å². The van der Waals surface area contributed by atoms with Crippen LogP contribution in [0.1, 0.15) is 62.8 Å². The largest absolute Gasteiger partial charge is 0.384 e. The van der Waals surface area contributed by atoms with Crippen molar-refractivity contribution < 1.29 is 9.18 Å². The van der Waals surface area contributed by atoms with Gasteiger partial charge in [-0.2, -0.15) is 5.26 Å². The number of Topliss-reactive ketones (excluding diaryl/α,β-unsaturated/α-hetero) is 1. The molecule has 0 bridgehead atoms. The summed E-state index contributed by atoms with van der Waals surface area (Å²) in [5.41, 5.74) is 7.78. The Morgan fingerprint density at radius 2 is 2.00 bits per heavy atom. The van der Waals surface area contributed by atoms with E-state index in [1.165, 1.54) is 55.6 Å². The first kappa shape index (κ1) is 23.3. The van der Waals surface area contributed by atoms with Crippen LogP contribution in [0.15, 0.2) is 45.2 Å². The Labute approximate surface area is 210 Å². The van der Waals surface area contributed by atoms with Crippen LogP contribution in [-0.4, -0.2) is 21.2 Å². The van der Waals surface area contributed by atoms with E-state index < -0.39 is 11.7 Å². The maximum atomic E-state index is 15.0. The normalized spacial score (nSPS) is 21.6. The molecule has 1 aliphatic heterocycles. The van der Waals surface area contributed by atoms with Crippen LogP contribution in [0.2, 0.25) is 5.02 Å². The average molecular weight is 516 g/mol. The third kappa shape index (κ3) is 4.12. The molecule has 6 nitrogen and oxygen atoms in total. The second-order valence-electron chi connectivity index (χ2n) is 8.68. The molecule has 0 saturated heterocycles. The number of rotatable bonds is 4. The Morgan fingerprint density at radius 3 is 2.74 bits per heavy atom. The zero-order valence-electron chi connectivity index (χ0n) is 18.4. The van der Waals surface area contributed by atoms with Crippen LogP contribution < -0.4 is 10.6 Å². The third-order valence-corrected chi connectivity index (χ3v) is 9.27. The van der Waals surface area contributed by atoms with E-state index in [4.69, 9.17) is 17.3 Å². The quantitative estimate of drug-likeness (QED) is 0.528. The number of nitrogens with zero attached hydrogens (tertiary/aromatic N) is 4. The summed E-state index contributed by atoms with van der Waals surface area (Å²) in [4.78, 5) is 14.9. The van der Waals surface area contributed by atoms with Gasteiger partial charge in [0.1, 0.15) is 11.6 Å². The highest BCUT2D eigenvalue weighted by Crippen LogP contribution is 2.49. The van der Waals surface area contributed by atoms with Gasteiger partial charge < -0.3 is 5.73 Å². The highest BCUT2D eigenvalue weighted by Gasteiger charge is 2.43. The molecule has 2 N–H and O–H groups in total. The number of hydrogen-bond donors (Lipinski definition) is 1. The van der Waals surface area contributed by atoms with Crippen LogP contribution in [-0.2, 0) is 4.79 Å². The van der Waals surface area contributed by atoms with E-state index in [0.29, 0.717) is 40.9 Å². The number of hydrogen-bond acceptors (Lipinski definition) is 8. The minimum Gasteiger partial charge on any atom is -0.384 e. The number of benzene rings is 1. The van der Waals surface area contributed by atoms with E-state index in [9.17, 15) is 14.4 Å². The molecule has 1 aromatic heterocycles. The van der Waals surface area contributed by atoms with Gasteiger partial charge in [-0.05, 0) is 37.8 Å². The molecule has 0 amide bonds. The molecule has 1 aromatic carbocycles. The number of nitrogens with two attached hydrogens (primary N) is 1. The highest BCUT2D eigenvalue weighted by atomic mass is 35.5. The number of carbonyl (C=O) groups is 1. The van der Waals surface area contributed by atoms with E-state index in [0.717, 1.165) is 4.34 Å². The minimum atomic E-state index is -0.943. The van der Waals surface area contributed by atoms with Crippen LogP contribution in [0, 0.1) is 17.1 Å². The first-order chi connectivity index (χ1) is 16.5. The Bertz CT molecular complexity index is 1220. The SMILES string of the molecule is N#CC1=C(N)N(c2nnc(SC3CCCCC3)s2)C2=C(C(=O)CCC2)C1c1c(F)cccc1Cl. The zero-order chi connectivity index (χ0) is 23.8. The van der Waals surface area contributed by atoms with Crippen molar-refractivity contribution in [3.05, 3.63) is 57.3 Å². The van der Waals surface area contributed by atoms with Gasteiger partial charge in [0.05, 0.1) is 17.6 Å². The summed E-state index contributed by atoms with van der Waals surface area (Å²) in [6.07, 6.45) is 7.61. The summed E-state index contributed by atoms with van der Waals surface area (Å²) in [6.45, 7) is 0. The molecule has 2 aromatic rings. The van der Waals surface area contributed by atoms with Crippen molar-refractivity contribution in [3.63, 3.8) is 0 Å². The van der Waals surface area contributed by atoms with Gasteiger partial charge in [-0.1, -0.05) is 60.0 Å². The lowest BCUT2D eigenvalue weighted by atomic mass is 9.75. The molecule has 1 saturated carbocycles. The Morgan fingerprint density at radius 1 is 1.21 bits per heavy atom. The van der Waals surface area contributed by atoms with E-state index in [-0.39, 0.29) is 27.8 Å². The maximum Gasteiger partial charge on any atom is 0.219 e. The van der Waals surface area contributed by atoms with Crippen molar-refractivity contribution in [1.29, 1.82) is 5.26 Å². The Hall–Kier alpha value is -2.41. The number of anilines is 1. The molecule has 5 rings (SSSR count). The van der Waals surface area contributed by atoms with Crippen LogP contribution in [0.5, 0.6) is 0 Å². The Balaban J connectivity index is 1.60. The van der Waals surface area contributed by atoms with Gasteiger partial charge in [-0.25, -0.2) is 4.39 Å². The van der Waals surface area contributed by atoms with Gasteiger partial charge in [0, 0.05) is 33.5 Å². The lowest BCUT2D eigenvalue weighted by molar-refractivity contribution is -0.116. The monoisotopic (exact) mass is 515 g/mol. The summed E-state index contributed by atoms with van der Waals surface area (Å²) in [7, 11) is 0. The molecule has 1 fully saturated rings. The molecule has 34 heavy (non-hydrogen) atoms. The fourth-order valence-electron chi connectivity index (χ4n) is 5.05. The maximum absolute atomic E-state index is 15.0. The molecular formula is C24H23ClFN5OS2. The van der Waals surface area contributed by atoms with Crippen molar-refractivity contribution >= 4 is 45.6 Å². The Kier molecular flexibility index (Phi) is 6.65. The average Bonchev–Trinajstić information content (AvgIpc) is 3.27. The predicted octanol–water partition coefficient (Wildman–Crippen LogP) is 6.06. The van der Waals surface area contributed by atoms with Crippen molar-refractivity contribution in [1.82, 2.24) is 10.2 Å². The number of aromatic nitrogens is 2. The fourth-order valence-corrected chi connectivity index (χ4v) is 7.70. The molecule has 2 heterocycles. The molecule has 0 spiro atoms. The number of halogens is 2. The lowest BCUT2D eigenvalue weighted by Gasteiger charge is -2.38. The van der Waals surface area contributed by atoms with Gasteiger partial charge in [0.2, 0.25) is 5.13 Å². The molecule has 1 atom stereocenters. The number of thioether (sulfide) groups is 1. The van der Waals surface area contributed by atoms with Crippen molar-refractivity contribution in [3.8, 4) is 6.07 Å². The van der Waals surface area contributed by atoms with Crippen molar-refractivity contribution in [2.45, 2.75) is 66.9 Å². The van der Waals surface area contributed by atoms with Crippen LogP contribution in [0.4, 0.5) is 9.52 Å². The van der Waals surface area contributed by atoms with Gasteiger partial charge >= 0.3 is 0 Å². The van der Waals surface area contributed by atoms with Crippen LogP contribution in [0.25, 0.3) is 0 Å². The summed E-state index contributed by atoms with van der Waals surface area (Å²) in [6, 6.07) is 6.48. The molecule has 1 unspecified atom stereocenters. The summed E-state index contributed by atoms with van der Waals surface area (Å²) >= 11 is 9.52. The van der Waals surface area contributed by atoms with E-state index in [2.05, 4.69) is 16.3 Å². The van der Waals surface area contributed by atoms with Gasteiger partial charge in [-0.3, -0.25) is 9.69 Å². The number of ketones is 1. The molecule has 10 heteroatoms. The topological polar surface area (TPSA) is 95.9 Å². The second-order valence-corrected chi connectivity index (χ2v) is 11.6. The lowest BCUT2D eigenvalue weighted by Crippen LogP contribution is -2.39. The molecule has 176 valence electrons.